The van der Waals surface area contributed by atoms with E-state index in [9.17, 15) is 23.5 Å². The number of alkyl halides is 2. The number of hydrogen-bond donors (Lipinski definition) is 2. The van der Waals surface area contributed by atoms with Gasteiger partial charge >= 0.3 is 18.6 Å². The minimum atomic E-state index is -3.09. The number of ether oxygens (including phenoxy) is 1. The number of urea groups is 1. The summed E-state index contributed by atoms with van der Waals surface area (Å²) >= 11 is 0. The third-order valence-corrected chi connectivity index (χ3v) is 5.19. The molecule has 166 valence electrons. The molecule has 1 saturated carbocycles. The number of aromatic nitrogens is 1. The van der Waals surface area contributed by atoms with Gasteiger partial charge in [0.2, 0.25) is 5.88 Å². The molecule has 1 aliphatic carbocycles. The van der Waals surface area contributed by atoms with E-state index in [0.717, 1.165) is 5.56 Å². The quantitative estimate of drug-likeness (QED) is 0.619. The number of amides is 2. The maximum atomic E-state index is 13.2. The summed E-state index contributed by atoms with van der Waals surface area (Å²) in [5.74, 6) is -1.84. The summed E-state index contributed by atoms with van der Waals surface area (Å²) in [6, 6.07) is 9.79. The van der Waals surface area contributed by atoms with Crippen LogP contribution in [0.15, 0.2) is 36.4 Å². The molecule has 2 N–H and O–H groups in total. The Morgan fingerprint density at radius 3 is 2.58 bits per heavy atom. The van der Waals surface area contributed by atoms with E-state index >= 15 is 0 Å². The lowest BCUT2D eigenvalue weighted by atomic mass is 10.0. The number of carbonyl (C=O) groups excluding carboxylic acids is 1. The van der Waals surface area contributed by atoms with Crippen LogP contribution in [0.5, 0.6) is 5.88 Å². The lowest BCUT2D eigenvalue weighted by Crippen LogP contribution is -2.38. The Hall–Kier alpha value is -3.23. The third-order valence-electron chi connectivity index (χ3n) is 5.19. The number of pyridine rings is 1. The van der Waals surface area contributed by atoms with E-state index in [2.05, 4.69) is 15.0 Å². The molecule has 31 heavy (non-hydrogen) atoms. The Balaban J connectivity index is 1.91. The summed E-state index contributed by atoms with van der Waals surface area (Å²) in [4.78, 5) is 29.9. The van der Waals surface area contributed by atoms with Crippen molar-refractivity contribution >= 4 is 23.4 Å². The second-order valence-corrected chi connectivity index (χ2v) is 7.88. The summed E-state index contributed by atoms with van der Waals surface area (Å²) in [7, 11) is 0. The molecule has 0 bridgehead atoms. The number of halogens is 2. The van der Waals surface area contributed by atoms with Crippen LogP contribution in [-0.4, -0.2) is 35.2 Å². The zero-order valence-electron chi connectivity index (χ0n) is 17.5. The lowest BCUT2D eigenvalue weighted by Gasteiger charge is -2.27. The van der Waals surface area contributed by atoms with Crippen molar-refractivity contribution in [1.82, 2.24) is 4.98 Å². The van der Waals surface area contributed by atoms with Crippen molar-refractivity contribution in [3.8, 4) is 5.88 Å². The van der Waals surface area contributed by atoms with E-state index in [4.69, 9.17) is 0 Å². The van der Waals surface area contributed by atoms with Crippen LogP contribution < -0.4 is 15.0 Å². The van der Waals surface area contributed by atoms with Gasteiger partial charge in [0.1, 0.15) is 5.69 Å². The molecular weight excluding hydrogens is 408 g/mol. The monoisotopic (exact) mass is 433 g/mol. The molecule has 0 saturated heterocycles. The van der Waals surface area contributed by atoms with Gasteiger partial charge in [-0.3, -0.25) is 9.69 Å². The molecule has 9 heteroatoms. The van der Waals surface area contributed by atoms with Crippen LogP contribution in [0.3, 0.4) is 0 Å². The van der Waals surface area contributed by atoms with Gasteiger partial charge in [-0.2, -0.15) is 8.78 Å². The van der Waals surface area contributed by atoms with Gasteiger partial charge in [-0.05, 0) is 48.9 Å². The molecule has 1 heterocycles. The van der Waals surface area contributed by atoms with Crippen LogP contribution in [0.2, 0.25) is 0 Å². The number of carboxylic acid groups (broad SMARTS) is 1. The highest BCUT2D eigenvalue weighted by molar-refractivity contribution is 6.03. The van der Waals surface area contributed by atoms with Crippen molar-refractivity contribution in [2.75, 3.05) is 16.8 Å². The molecule has 7 nitrogen and oxygen atoms in total. The molecule has 1 aliphatic rings. The largest absolute Gasteiger partial charge is 0.481 e. The minimum Gasteiger partial charge on any atom is -0.481 e. The zero-order valence-corrected chi connectivity index (χ0v) is 17.5. The average Bonchev–Trinajstić information content (AvgIpc) is 3.47. The number of aryl methyl sites for hydroxylation is 1. The number of hydrogen-bond acceptors (Lipinski definition) is 4. The number of carboxylic acids is 1. The Morgan fingerprint density at radius 2 is 1.97 bits per heavy atom. The average molecular weight is 433 g/mol. The number of anilines is 2. The fourth-order valence-corrected chi connectivity index (χ4v) is 3.48. The minimum absolute atomic E-state index is 0.00788. The van der Waals surface area contributed by atoms with Crippen LogP contribution >= 0.6 is 0 Å². The lowest BCUT2D eigenvalue weighted by molar-refractivity contribution is -0.138. The van der Waals surface area contributed by atoms with Gasteiger partial charge in [-0.25, -0.2) is 9.78 Å². The van der Waals surface area contributed by atoms with Crippen LogP contribution in [0.4, 0.5) is 25.0 Å². The molecule has 1 aromatic heterocycles. The number of nitrogens with one attached hydrogen (secondary N) is 1. The van der Waals surface area contributed by atoms with Crippen LogP contribution in [0.1, 0.15) is 37.4 Å². The van der Waals surface area contributed by atoms with Gasteiger partial charge in [-0.1, -0.05) is 32.0 Å². The van der Waals surface area contributed by atoms with Crippen molar-refractivity contribution < 1.29 is 28.2 Å². The number of rotatable bonds is 8. The molecule has 1 fully saturated rings. The van der Waals surface area contributed by atoms with Crippen LogP contribution in [0.25, 0.3) is 0 Å². The van der Waals surface area contributed by atoms with Crippen molar-refractivity contribution in [3.05, 3.63) is 47.7 Å². The number of carbonyl (C=O) groups is 2. The second kappa shape index (κ2) is 9.28. The molecule has 1 aromatic carbocycles. The van der Waals surface area contributed by atoms with Gasteiger partial charge in [-0.15, -0.1) is 0 Å². The molecule has 2 unspecified atom stereocenters. The summed E-state index contributed by atoms with van der Waals surface area (Å²) in [6.07, 6.45) is 0.481. The van der Waals surface area contributed by atoms with Gasteiger partial charge in [0.25, 0.3) is 0 Å². The van der Waals surface area contributed by atoms with Crippen LogP contribution in [0, 0.1) is 18.8 Å². The SMILES string of the molecule is Cc1ccc(NC(=O)N(CC2CC2C(=O)O)c2ccccc2C(C)C)c(OC(F)F)n1. The first-order valence-corrected chi connectivity index (χ1v) is 10.00. The first-order valence-electron chi connectivity index (χ1n) is 10.00. The molecule has 2 aromatic rings. The fourth-order valence-electron chi connectivity index (χ4n) is 3.48. The van der Waals surface area contributed by atoms with Gasteiger partial charge in [0.05, 0.1) is 5.92 Å². The predicted octanol–water partition coefficient (Wildman–Crippen LogP) is 4.87. The van der Waals surface area contributed by atoms with Gasteiger partial charge in [0, 0.05) is 17.9 Å². The first-order chi connectivity index (χ1) is 14.7. The van der Waals surface area contributed by atoms with Crippen molar-refractivity contribution in [2.45, 2.75) is 39.7 Å². The summed E-state index contributed by atoms with van der Waals surface area (Å²) in [5.41, 5.74) is 2.02. The maximum Gasteiger partial charge on any atom is 0.388 e. The maximum absolute atomic E-state index is 13.2. The molecule has 0 radical (unpaired) electrons. The Kier molecular flexibility index (Phi) is 6.72. The molecule has 2 amide bonds. The van der Waals surface area contributed by atoms with Crippen molar-refractivity contribution in [1.29, 1.82) is 0 Å². The summed E-state index contributed by atoms with van der Waals surface area (Å²) in [5, 5.41) is 11.9. The topological polar surface area (TPSA) is 91.8 Å². The van der Waals surface area contributed by atoms with Crippen molar-refractivity contribution in [3.63, 3.8) is 0 Å². The molecular formula is C22H25F2N3O4. The first kappa shape index (κ1) is 22.5. The Morgan fingerprint density at radius 1 is 1.26 bits per heavy atom. The Bertz CT molecular complexity index is 968. The highest BCUT2D eigenvalue weighted by Crippen LogP contribution is 2.41. The van der Waals surface area contributed by atoms with E-state index < -0.39 is 24.5 Å². The summed E-state index contributed by atoms with van der Waals surface area (Å²) in [6.45, 7) is 2.70. The molecule has 3 rings (SSSR count). The van der Waals surface area contributed by atoms with Gasteiger partial charge in [0.15, 0.2) is 0 Å². The van der Waals surface area contributed by atoms with E-state index in [1.54, 1.807) is 25.1 Å². The smallest absolute Gasteiger partial charge is 0.388 e. The van der Waals surface area contributed by atoms with Gasteiger partial charge < -0.3 is 15.2 Å². The van der Waals surface area contributed by atoms with E-state index in [-0.39, 0.29) is 29.9 Å². The standard InChI is InChI=1S/C22H25F2N3O4/c1-12(2)15-6-4-5-7-18(15)27(11-14-10-16(14)20(28)29)22(30)26-17-9-8-13(3)25-19(17)31-21(23)24/h4-9,12,14,16,21H,10-11H2,1-3H3,(H,26,30)(H,28,29). The molecule has 2 atom stereocenters. The second-order valence-electron chi connectivity index (χ2n) is 7.88. The third kappa shape index (κ3) is 5.48. The highest BCUT2D eigenvalue weighted by Gasteiger charge is 2.45. The highest BCUT2D eigenvalue weighted by atomic mass is 19.3. The van der Waals surface area contributed by atoms with E-state index in [0.29, 0.717) is 17.8 Å². The number of nitrogens with zero attached hydrogens (tertiary/aromatic N) is 2. The molecule has 0 aliphatic heterocycles. The fraction of sp³-hybridized carbons (Fsp3) is 0.409. The number of aliphatic carboxylic acids is 1. The predicted molar refractivity (Wildman–Crippen MR) is 112 cm³/mol. The van der Waals surface area contributed by atoms with E-state index in [1.807, 2.05) is 26.0 Å². The number of benzene rings is 1. The normalized spacial score (nSPS) is 17.5. The number of para-hydroxylation sites is 1. The van der Waals surface area contributed by atoms with E-state index in [1.165, 1.54) is 11.0 Å². The van der Waals surface area contributed by atoms with Crippen molar-refractivity contribution in [2.24, 2.45) is 11.8 Å². The zero-order chi connectivity index (χ0) is 22.7. The Labute approximate surface area is 179 Å². The summed E-state index contributed by atoms with van der Waals surface area (Å²) < 4.78 is 30.0. The molecule has 0 spiro atoms. The van der Waals surface area contributed by atoms with Crippen LogP contribution in [-0.2, 0) is 4.79 Å².